The van der Waals surface area contributed by atoms with E-state index in [0.29, 0.717) is 0 Å². The highest BCUT2D eigenvalue weighted by Gasteiger charge is 2.11. The van der Waals surface area contributed by atoms with E-state index in [1.807, 2.05) is 46.1 Å². The highest BCUT2D eigenvalue weighted by atomic mass is 32.1. The predicted octanol–water partition coefficient (Wildman–Crippen LogP) is 32.6. The van der Waals surface area contributed by atoms with E-state index < -0.39 is 0 Å². The molecule has 0 aliphatic heterocycles. The molecule has 0 radical (unpaired) electrons. The topological polar surface area (TPSA) is 13.1 Å². The summed E-state index contributed by atoms with van der Waals surface area (Å²) in [6, 6.07) is 109. The van der Waals surface area contributed by atoms with E-state index in [9.17, 15) is 0 Å². The van der Waals surface area contributed by atoms with Gasteiger partial charge in [-0.15, -0.1) is 34.0 Å². The van der Waals surface area contributed by atoms with Gasteiger partial charge in [-0.2, -0.15) is 0 Å². The van der Waals surface area contributed by atoms with Gasteiger partial charge in [-0.25, -0.2) is 0 Å². The smallest absolute Gasteiger partial charge is 0.135 e. The van der Waals surface area contributed by atoms with Crippen LogP contribution in [0.15, 0.2) is 308 Å². The zero-order valence-corrected chi connectivity index (χ0v) is 68.9. The summed E-state index contributed by atoms with van der Waals surface area (Å²) in [5.41, 5.74) is 26.0. The maximum atomic E-state index is 5.76. The van der Waals surface area contributed by atoms with Crippen LogP contribution in [-0.2, 0) is 0 Å². The third kappa shape index (κ3) is 18.0. The molecule has 4 heteroatoms. The van der Waals surface area contributed by atoms with Gasteiger partial charge in [0.25, 0.3) is 0 Å². The van der Waals surface area contributed by atoms with Crippen LogP contribution >= 0.6 is 34.0 Å². The molecule has 546 valence electrons. The molecule has 4 heterocycles. The van der Waals surface area contributed by atoms with Gasteiger partial charge in [0.2, 0.25) is 0 Å². The Morgan fingerprint density at radius 3 is 0.964 bits per heavy atom. The number of hydrogen-bond donors (Lipinski definition) is 0. The second-order valence-corrected chi connectivity index (χ2v) is 33.0. The lowest BCUT2D eigenvalue weighted by molar-refractivity contribution is 0.669. The number of rotatable bonds is 1. The van der Waals surface area contributed by atoms with Gasteiger partial charge in [-0.1, -0.05) is 282 Å². The summed E-state index contributed by atoms with van der Waals surface area (Å²) >= 11 is 5.68. The first-order valence-corrected chi connectivity index (χ1v) is 40.6. The number of aryl methyl sites for hydroxylation is 16. The molecule has 1 nitrogen and oxygen atoms in total. The van der Waals surface area contributed by atoms with E-state index in [4.69, 9.17) is 4.42 Å². The Morgan fingerprint density at radius 1 is 0.182 bits per heavy atom. The first-order chi connectivity index (χ1) is 53.1. The van der Waals surface area contributed by atoms with Crippen molar-refractivity contribution in [3.63, 3.8) is 0 Å². The Bertz CT molecular complexity index is 6180. The Morgan fingerprint density at radius 2 is 0.509 bits per heavy atom. The first-order valence-electron chi connectivity index (χ1n) is 38.2. The number of thiophene rings is 3. The van der Waals surface area contributed by atoms with Crippen LogP contribution in [0.2, 0.25) is 0 Å². The van der Waals surface area contributed by atoms with E-state index in [-0.39, 0.29) is 0 Å². The zero-order chi connectivity index (χ0) is 77.3. The van der Waals surface area contributed by atoms with E-state index in [2.05, 4.69) is 402 Å². The number of fused-ring (bicyclic) bond motifs is 15. The third-order valence-electron chi connectivity index (χ3n) is 20.6. The molecule has 0 atom stereocenters. The van der Waals surface area contributed by atoms with Gasteiger partial charge in [0.05, 0.1) is 0 Å². The second-order valence-electron chi connectivity index (χ2n) is 29.8. The van der Waals surface area contributed by atoms with Crippen LogP contribution in [0, 0.1) is 111 Å². The number of hydrogen-bond acceptors (Lipinski definition) is 4. The summed E-state index contributed by atoms with van der Waals surface area (Å²) in [6.07, 6.45) is 0. The van der Waals surface area contributed by atoms with Crippen molar-refractivity contribution < 1.29 is 4.42 Å². The summed E-state index contributed by atoms with van der Waals surface area (Å²) < 4.78 is 14.2. The highest BCUT2D eigenvalue weighted by Crippen LogP contribution is 2.39. The van der Waals surface area contributed by atoms with Gasteiger partial charge in [0.15, 0.2) is 0 Å². The molecule has 0 saturated carbocycles. The molecule has 0 bridgehead atoms. The van der Waals surface area contributed by atoms with E-state index in [0.717, 1.165) is 11.2 Å². The molecule has 0 unspecified atom stereocenters. The Hall–Kier alpha value is -11.2. The lowest BCUT2D eigenvalue weighted by Crippen LogP contribution is -1.82. The van der Waals surface area contributed by atoms with Gasteiger partial charge < -0.3 is 4.42 Å². The van der Waals surface area contributed by atoms with Gasteiger partial charge in [-0.05, 0) is 265 Å². The quantitative estimate of drug-likeness (QED) is 0.160. The van der Waals surface area contributed by atoms with Gasteiger partial charge in [0, 0.05) is 71.3 Å². The lowest BCUT2D eigenvalue weighted by atomic mass is 9.99. The van der Waals surface area contributed by atoms with Crippen molar-refractivity contribution in [2.75, 3.05) is 0 Å². The maximum Gasteiger partial charge on any atom is 0.135 e. The fourth-order valence-electron chi connectivity index (χ4n) is 14.5. The predicted molar refractivity (Wildman–Crippen MR) is 491 cm³/mol. The van der Waals surface area contributed by atoms with Gasteiger partial charge >= 0.3 is 0 Å². The lowest BCUT2D eigenvalue weighted by Gasteiger charge is -2.05. The van der Waals surface area contributed by atoms with Crippen molar-refractivity contribution in [3.05, 3.63) is 392 Å². The van der Waals surface area contributed by atoms with Crippen molar-refractivity contribution in [2.24, 2.45) is 0 Å². The second kappa shape index (κ2) is 34.6. The Labute approximate surface area is 662 Å². The third-order valence-corrected chi connectivity index (χ3v) is 24.4. The highest BCUT2D eigenvalue weighted by molar-refractivity contribution is 7.26. The molecule has 0 N–H and O–H groups in total. The summed E-state index contributed by atoms with van der Waals surface area (Å²) in [5.74, 6) is 0. The van der Waals surface area contributed by atoms with Gasteiger partial charge in [-0.3, -0.25) is 0 Å². The minimum atomic E-state index is 0.973. The van der Waals surface area contributed by atoms with Crippen LogP contribution in [0.3, 0.4) is 0 Å². The summed E-state index contributed by atoms with van der Waals surface area (Å²) in [4.78, 5) is 0. The molecule has 20 aromatic rings. The van der Waals surface area contributed by atoms with E-state index in [1.54, 1.807) is 0 Å². The van der Waals surface area contributed by atoms with Crippen LogP contribution in [-0.4, -0.2) is 0 Å². The Balaban J connectivity index is 0.000000111. The first kappa shape index (κ1) is 76.9. The molecule has 20 rings (SSSR count). The Kier molecular flexibility index (Phi) is 24.2. The molecular weight excluding hydrogens is 1390 g/mol. The summed E-state index contributed by atoms with van der Waals surface area (Å²) in [6.45, 7) is 34.3. The van der Waals surface area contributed by atoms with E-state index >= 15 is 0 Å². The van der Waals surface area contributed by atoms with E-state index in [1.165, 1.54) is 204 Å². The average Bonchev–Trinajstić information content (AvgIpc) is 1.63. The largest absolute Gasteiger partial charge is 0.456 e. The molecule has 0 fully saturated rings. The molecule has 110 heavy (non-hydrogen) atoms. The minimum Gasteiger partial charge on any atom is -0.456 e. The molecule has 0 aliphatic carbocycles. The average molecular weight is 1480 g/mol. The molecule has 4 aromatic heterocycles. The van der Waals surface area contributed by atoms with Crippen LogP contribution in [0.25, 0.3) is 126 Å². The fourth-order valence-corrected chi connectivity index (χ4v) is 18.1. The van der Waals surface area contributed by atoms with Crippen molar-refractivity contribution in [2.45, 2.75) is 111 Å². The van der Waals surface area contributed by atoms with Crippen molar-refractivity contribution in [3.8, 4) is 11.1 Å². The van der Waals surface area contributed by atoms with Crippen molar-refractivity contribution in [1.82, 2.24) is 0 Å². The molecule has 0 amide bonds. The normalized spacial score (nSPS) is 10.9. The zero-order valence-electron chi connectivity index (χ0n) is 66.5. The molecular formula is C106H98OS3. The van der Waals surface area contributed by atoms with Crippen molar-refractivity contribution >= 4 is 149 Å². The van der Waals surface area contributed by atoms with Crippen LogP contribution < -0.4 is 0 Å². The standard InChI is InChI=1S/C14H12O.3C14H12S.C14H14.3C12H12/c2*1-9-3-5-13-11(7-9)12-8-10(2)4-6-14(12)15-13;1-9-3-5-11-12-6-4-10(2)8-14(12)15-13(11)7-9;1-9-5-3-7-11-12-8-4-6-10(2)14(12)15-13(9)11;1-11-6-5-8-13(10-11)14-9-4-3-7-12(14)2;1-9-3-5-12-8-10(2)4-6-11(12)7-9;1-9-5-3-8-12-10(2)6-4-7-11(9)12;1-9-7-8-10(2)12-6-4-3-5-11(9)12/h4*3-8H,1-2H3;3-10H,1-2H3;3*3-8H,1-2H3. The van der Waals surface area contributed by atoms with Crippen LogP contribution in [0.4, 0.5) is 0 Å². The number of furan rings is 1. The monoisotopic (exact) mass is 1480 g/mol. The van der Waals surface area contributed by atoms with Crippen LogP contribution in [0.1, 0.15) is 89.0 Å². The summed E-state index contributed by atoms with van der Waals surface area (Å²) in [7, 11) is 0. The van der Waals surface area contributed by atoms with Crippen LogP contribution in [0.5, 0.6) is 0 Å². The molecule has 16 aromatic carbocycles. The van der Waals surface area contributed by atoms with Crippen molar-refractivity contribution in [1.29, 1.82) is 0 Å². The molecule has 0 spiro atoms. The molecule has 0 saturated heterocycles. The fraction of sp³-hybridized carbons (Fsp3) is 0.151. The number of benzene rings is 16. The SMILES string of the molecule is Cc1ccc(C)c2ccccc12.Cc1ccc2c(c1)sc1cc(C)ccc12.Cc1ccc2cc(C)ccc2c1.Cc1ccc2oc3ccc(C)cc3c2c1.Cc1ccc2sc3ccc(C)cc3c2c1.Cc1cccc(-c2ccccc2C)c1.Cc1cccc2c(C)cccc12.Cc1cccc2c1sc1c(C)cccc12. The summed E-state index contributed by atoms with van der Waals surface area (Å²) in [5, 5.41) is 19.0. The maximum absolute atomic E-state index is 5.76. The van der Waals surface area contributed by atoms with Gasteiger partial charge in [0.1, 0.15) is 11.2 Å². The minimum absolute atomic E-state index is 0.973. The molecule has 0 aliphatic rings.